The van der Waals surface area contributed by atoms with Crippen molar-refractivity contribution in [3.05, 3.63) is 125 Å². The van der Waals surface area contributed by atoms with Gasteiger partial charge in [-0.1, -0.05) is 60.7 Å². The second-order valence-electron chi connectivity index (χ2n) is 9.64. The van der Waals surface area contributed by atoms with E-state index in [9.17, 15) is 19.1 Å². The van der Waals surface area contributed by atoms with Crippen LogP contribution in [0.3, 0.4) is 0 Å². The van der Waals surface area contributed by atoms with Crippen molar-refractivity contribution in [2.24, 2.45) is 0 Å². The van der Waals surface area contributed by atoms with Gasteiger partial charge in [-0.05, 0) is 89.6 Å². The topological polar surface area (TPSA) is 72.5 Å². The van der Waals surface area contributed by atoms with Gasteiger partial charge >= 0.3 is 18.9 Å². The Morgan fingerprint density at radius 3 is 2.17 bits per heavy atom. The summed E-state index contributed by atoms with van der Waals surface area (Å²) in [5.41, 5.74) is 5.98. The predicted octanol–water partition coefficient (Wildman–Crippen LogP) is 2.61. The van der Waals surface area contributed by atoms with Gasteiger partial charge in [0, 0.05) is 24.3 Å². The minimum absolute atomic E-state index is 0. The molecule has 8 heteroatoms. The third kappa shape index (κ3) is 8.74. The van der Waals surface area contributed by atoms with Gasteiger partial charge in [0.05, 0.1) is 12.0 Å². The van der Waals surface area contributed by atoms with Crippen LogP contribution < -0.4 is 34.2 Å². The first kappa shape index (κ1) is 32.0. The predicted molar refractivity (Wildman–Crippen MR) is 159 cm³/mol. The van der Waals surface area contributed by atoms with Crippen molar-refractivity contribution >= 4 is 29.3 Å². The maximum absolute atomic E-state index is 13.5. The molecule has 0 bridgehead atoms. The molecule has 4 aromatic carbocycles. The number of rotatable bonds is 12. The monoisotopic (exact) mass is 562 g/mol. The standard InChI is InChI=1S/C33H33FN2O3S.Li/c1-23-8-6-7-11-28(23)30-20-25(14-17-29(30)32(37)35-31(33(38)39)18-19-40-2)22-36(27-9-4-3-5-10-27)21-24-12-15-26(34)16-13-24;/h3-17,20,31H,18-19,21-22H2,1-2H3,(H,35,37)(H,38,39);/q;+1/p-1. The van der Waals surface area contributed by atoms with E-state index in [4.69, 9.17) is 0 Å². The number of carboxylic acid groups (broad SMARTS) is 1. The fourth-order valence-electron chi connectivity index (χ4n) is 4.61. The Kier molecular flexibility index (Phi) is 12.1. The Labute approximate surface area is 257 Å². The molecule has 206 valence electrons. The summed E-state index contributed by atoms with van der Waals surface area (Å²) in [5.74, 6) is -1.44. The third-order valence-electron chi connectivity index (χ3n) is 6.75. The van der Waals surface area contributed by atoms with Crippen LogP contribution in [0, 0.1) is 12.7 Å². The van der Waals surface area contributed by atoms with Gasteiger partial charge in [-0.2, -0.15) is 11.8 Å². The number of para-hydroxylation sites is 1. The molecule has 0 saturated carbocycles. The molecule has 41 heavy (non-hydrogen) atoms. The minimum Gasteiger partial charge on any atom is -0.548 e. The summed E-state index contributed by atoms with van der Waals surface area (Å²) < 4.78 is 13.5. The molecule has 0 aromatic heterocycles. The van der Waals surface area contributed by atoms with E-state index >= 15 is 0 Å². The molecule has 0 fully saturated rings. The van der Waals surface area contributed by atoms with E-state index in [1.165, 1.54) is 23.9 Å². The summed E-state index contributed by atoms with van der Waals surface area (Å²) >= 11 is 1.51. The third-order valence-corrected chi connectivity index (χ3v) is 7.39. The molecule has 0 aliphatic rings. The molecule has 0 radical (unpaired) electrons. The number of amides is 1. The van der Waals surface area contributed by atoms with E-state index in [1.807, 2.05) is 79.9 Å². The van der Waals surface area contributed by atoms with Gasteiger partial charge in [0.2, 0.25) is 0 Å². The summed E-state index contributed by atoms with van der Waals surface area (Å²) in [5, 5.41) is 14.4. The zero-order valence-electron chi connectivity index (χ0n) is 23.6. The van der Waals surface area contributed by atoms with E-state index in [2.05, 4.69) is 10.2 Å². The van der Waals surface area contributed by atoms with Crippen molar-refractivity contribution in [1.29, 1.82) is 0 Å². The number of hydrogen-bond acceptors (Lipinski definition) is 5. The van der Waals surface area contributed by atoms with Crippen molar-refractivity contribution in [2.75, 3.05) is 16.9 Å². The van der Waals surface area contributed by atoms with Crippen molar-refractivity contribution in [2.45, 2.75) is 32.5 Å². The second kappa shape index (κ2) is 15.5. The first-order valence-corrected chi connectivity index (χ1v) is 14.5. The zero-order valence-corrected chi connectivity index (χ0v) is 24.4. The Balaban J connectivity index is 0.00000462. The molecule has 0 saturated heterocycles. The van der Waals surface area contributed by atoms with Gasteiger partial charge in [0.1, 0.15) is 5.82 Å². The largest absolute Gasteiger partial charge is 1.00 e. The number of carbonyl (C=O) groups is 2. The second-order valence-corrected chi connectivity index (χ2v) is 10.6. The van der Waals surface area contributed by atoms with Crippen LogP contribution >= 0.6 is 11.8 Å². The molecule has 0 aliphatic carbocycles. The van der Waals surface area contributed by atoms with Crippen molar-refractivity contribution in [1.82, 2.24) is 5.32 Å². The number of nitrogens with one attached hydrogen (secondary N) is 1. The first-order valence-electron chi connectivity index (χ1n) is 13.1. The van der Waals surface area contributed by atoms with Crippen molar-refractivity contribution < 1.29 is 37.9 Å². The number of anilines is 1. The fourth-order valence-corrected chi connectivity index (χ4v) is 5.09. The zero-order chi connectivity index (χ0) is 28.5. The van der Waals surface area contributed by atoms with Gasteiger partial charge in [0.25, 0.3) is 5.91 Å². The van der Waals surface area contributed by atoms with Crippen LogP contribution in [-0.4, -0.2) is 29.9 Å². The number of nitrogens with zero attached hydrogens (tertiary/aromatic N) is 1. The number of thioether (sulfide) groups is 1. The van der Waals surface area contributed by atoms with Gasteiger partial charge < -0.3 is 20.1 Å². The van der Waals surface area contributed by atoms with Crippen LogP contribution in [-0.2, 0) is 17.9 Å². The average molecular weight is 563 g/mol. The fraction of sp³-hybridized carbons (Fsp3) is 0.212. The molecule has 1 amide bonds. The smallest absolute Gasteiger partial charge is 0.548 e. The molecule has 5 nitrogen and oxygen atoms in total. The molecule has 0 heterocycles. The maximum Gasteiger partial charge on any atom is 1.00 e. The molecular formula is C33H32FLiN2O3S. The molecule has 0 spiro atoms. The van der Waals surface area contributed by atoms with E-state index in [-0.39, 0.29) is 31.1 Å². The van der Waals surface area contributed by atoms with Crippen LogP contribution in [0.1, 0.15) is 33.5 Å². The SMILES string of the molecule is CSCCC(NC(=O)c1ccc(CN(Cc2ccc(F)cc2)c2ccccc2)cc1-c1ccccc1C)C(=O)[O-].[Li+]. The maximum atomic E-state index is 13.5. The number of benzene rings is 4. The van der Waals surface area contributed by atoms with Crippen LogP contribution in [0.4, 0.5) is 10.1 Å². The van der Waals surface area contributed by atoms with Crippen LogP contribution in [0.15, 0.2) is 97.1 Å². The van der Waals surface area contributed by atoms with Crippen LogP contribution in [0.5, 0.6) is 0 Å². The number of hydrogen-bond donors (Lipinski definition) is 1. The Bertz CT molecular complexity index is 1450. The molecule has 4 aromatic rings. The average Bonchev–Trinajstić information content (AvgIpc) is 2.96. The summed E-state index contributed by atoms with van der Waals surface area (Å²) in [4.78, 5) is 27.3. The number of carboxylic acids is 1. The van der Waals surface area contributed by atoms with Crippen molar-refractivity contribution in [3.63, 3.8) is 0 Å². The van der Waals surface area contributed by atoms with Gasteiger partial charge in [0.15, 0.2) is 0 Å². The van der Waals surface area contributed by atoms with E-state index in [1.54, 1.807) is 18.2 Å². The first-order chi connectivity index (χ1) is 19.4. The molecule has 1 N–H and O–H groups in total. The molecule has 0 aliphatic heterocycles. The summed E-state index contributed by atoms with van der Waals surface area (Å²) in [6.07, 6.45) is 2.17. The summed E-state index contributed by atoms with van der Waals surface area (Å²) in [6, 6.07) is 28.8. The molecule has 4 rings (SSSR count). The number of aryl methyl sites for hydroxylation is 1. The summed E-state index contributed by atoms with van der Waals surface area (Å²) in [6.45, 7) is 3.09. The van der Waals surface area contributed by atoms with Crippen LogP contribution in [0.2, 0.25) is 0 Å². The Morgan fingerprint density at radius 2 is 1.51 bits per heavy atom. The van der Waals surface area contributed by atoms with Crippen LogP contribution in [0.25, 0.3) is 11.1 Å². The Hall–Kier alpha value is -3.50. The Morgan fingerprint density at radius 1 is 0.878 bits per heavy atom. The van der Waals surface area contributed by atoms with Gasteiger partial charge in [-0.25, -0.2) is 4.39 Å². The number of carbonyl (C=O) groups excluding carboxylic acids is 2. The number of aliphatic carboxylic acids is 1. The van der Waals surface area contributed by atoms with Gasteiger partial charge in [-0.3, -0.25) is 4.79 Å². The van der Waals surface area contributed by atoms with E-state index in [0.29, 0.717) is 24.4 Å². The minimum atomic E-state index is -1.30. The molecular weight excluding hydrogens is 530 g/mol. The van der Waals surface area contributed by atoms with Crippen molar-refractivity contribution in [3.8, 4) is 11.1 Å². The number of halogens is 1. The van der Waals surface area contributed by atoms with E-state index in [0.717, 1.165) is 33.5 Å². The van der Waals surface area contributed by atoms with Gasteiger partial charge in [-0.15, -0.1) is 0 Å². The molecule has 1 unspecified atom stereocenters. The quantitative estimate of drug-likeness (QED) is 0.269. The van der Waals surface area contributed by atoms with E-state index < -0.39 is 17.9 Å². The normalized spacial score (nSPS) is 11.3. The summed E-state index contributed by atoms with van der Waals surface area (Å²) in [7, 11) is 0. The molecule has 1 atom stereocenters.